The van der Waals surface area contributed by atoms with E-state index >= 15 is 0 Å². The van der Waals surface area contributed by atoms with Crippen molar-refractivity contribution in [3.05, 3.63) is 59.7 Å². The van der Waals surface area contributed by atoms with E-state index in [0.29, 0.717) is 5.56 Å². The molecule has 4 nitrogen and oxygen atoms in total. The molecular formula is C19H16F4O4. The van der Waals surface area contributed by atoms with Crippen LogP contribution in [0.4, 0.5) is 22.4 Å². The van der Waals surface area contributed by atoms with Crippen molar-refractivity contribution >= 4 is 12.2 Å². The molecule has 0 amide bonds. The molecule has 0 atom stereocenters. The lowest BCUT2D eigenvalue weighted by atomic mass is 10.2. The van der Waals surface area contributed by atoms with Crippen LogP contribution in [-0.2, 0) is 4.74 Å². The molecule has 0 unspecified atom stereocenters. The first kappa shape index (κ1) is 20.3. The van der Waals surface area contributed by atoms with E-state index in [1.807, 2.05) is 0 Å². The first-order valence-corrected chi connectivity index (χ1v) is 7.70. The summed E-state index contributed by atoms with van der Waals surface area (Å²) in [5.41, 5.74) is -0.344. The zero-order chi connectivity index (χ0) is 20.4. The number of benzene rings is 2. The first-order valence-electron chi connectivity index (χ1n) is 7.70. The third kappa shape index (κ3) is 4.78. The number of hydrogen-bond donors (Lipinski definition) is 0. The molecule has 0 spiro atoms. The second-order valence-electron chi connectivity index (χ2n) is 6.36. The largest absolute Gasteiger partial charge is 0.514 e. The third-order valence-electron chi connectivity index (χ3n) is 3.09. The second kappa shape index (κ2) is 7.69. The Labute approximate surface area is 153 Å². The molecule has 0 heterocycles. The van der Waals surface area contributed by atoms with Gasteiger partial charge < -0.3 is 14.2 Å². The van der Waals surface area contributed by atoms with Gasteiger partial charge in [0.25, 0.3) is 0 Å². The van der Waals surface area contributed by atoms with Crippen LogP contribution in [0.3, 0.4) is 0 Å². The van der Waals surface area contributed by atoms with Crippen LogP contribution < -0.4 is 9.47 Å². The minimum atomic E-state index is -1.93. The fraction of sp³-hybridized carbons (Fsp3) is 0.211. The average Bonchev–Trinajstić information content (AvgIpc) is 2.60. The third-order valence-corrected chi connectivity index (χ3v) is 3.09. The van der Waals surface area contributed by atoms with Crippen LogP contribution in [0.25, 0.3) is 6.08 Å². The lowest BCUT2D eigenvalue weighted by Crippen LogP contribution is -2.26. The van der Waals surface area contributed by atoms with Gasteiger partial charge in [0.1, 0.15) is 11.4 Å². The van der Waals surface area contributed by atoms with Crippen molar-refractivity contribution in [3.8, 4) is 17.2 Å². The Kier molecular flexibility index (Phi) is 5.78. The summed E-state index contributed by atoms with van der Waals surface area (Å²) in [6.45, 7) is 7.95. The Hall–Kier alpha value is -3.03. The standard InChI is InChI=1S/C19H16F4O4/c1-5-10-6-8-11(9-7-10)25-16-12(20)14(22)17(15(23)13(16)21)26-18(24)27-19(2,3)4/h5-9H,1H2,2-4H3. The van der Waals surface area contributed by atoms with Crippen molar-refractivity contribution in [1.82, 2.24) is 0 Å². The Bertz CT molecular complexity index is 842. The van der Waals surface area contributed by atoms with Gasteiger partial charge in [-0.2, -0.15) is 17.6 Å². The Balaban J connectivity index is 2.36. The van der Waals surface area contributed by atoms with E-state index < -0.39 is 46.5 Å². The van der Waals surface area contributed by atoms with E-state index in [-0.39, 0.29) is 5.75 Å². The summed E-state index contributed by atoms with van der Waals surface area (Å²) in [6.07, 6.45) is 0.000346. The van der Waals surface area contributed by atoms with Crippen LogP contribution in [-0.4, -0.2) is 11.8 Å². The highest BCUT2D eigenvalue weighted by atomic mass is 19.2. The van der Waals surface area contributed by atoms with E-state index in [9.17, 15) is 22.4 Å². The number of rotatable bonds is 4. The molecular weight excluding hydrogens is 368 g/mol. The molecule has 0 aliphatic carbocycles. The molecule has 2 aromatic carbocycles. The molecule has 0 saturated carbocycles. The highest BCUT2D eigenvalue weighted by Crippen LogP contribution is 2.37. The number of halogens is 4. The summed E-state index contributed by atoms with van der Waals surface area (Å²) in [7, 11) is 0. The lowest BCUT2D eigenvalue weighted by Gasteiger charge is -2.19. The molecule has 27 heavy (non-hydrogen) atoms. The van der Waals surface area contributed by atoms with Gasteiger partial charge in [-0.15, -0.1) is 0 Å². The van der Waals surface area contributed by atoms with Gasteiger partial charge in [-0.05, 0) is 38.5 Å². The van der Waals surface area contributed by atoms with Crippen molar-refractivity contribution in [2.45, 2.75) is 26.4 Å². The zero-order valence-electron chi connectivity index (χ0n) is 14.7. The number of ether oxygens (including phenoxy) is 3. The highest BCUT2D eigenvalue weighted by molar-refractivity contribution is 5.65. The smallest absolute Gasteiger partial charge is 0.451 e. The van der Waals surface area contributed by atoms with Gasteiger partial charge in [-0.25, -0.2) is 4.79 Å². The molecule has 8 heteroatoms. The van der Waals surface area contributed by atoms with Gasteiger partial charge in [0.05, 0.1) is 0 Å². The van der Waals surface area contributed by atoms with E-state index in [4.69, 9.17) is 9.47 Å². The van der Waals surface area contributed by atoms with Crippen molar-refractivity contribution < 1.29 is 36.6 Å². The maximum Gasteiger partial charge on any atom is 0.514 e. The molecule has 0 N–H and O–H groups in total. The van der Waals surface area contributed by atoms with Crippen molar-refractivity contribution in [3.63, 3.8) is 0 Å². The van der Waals surface area contributed by atoms with Crippen molar-refractivity contribution in [2.24, 2.45) is 0 Å². The van der Waals surface area contributed by atoms with E-state index in [1.165, 1.54) is 51.1 Å². The van der Waals surface area contributed by atoms with E-state index in [1.54, 1.807) is 0 Å². The van der Waals surface area contributed by atoms with Crippen LogP contribution in [0.1, 0.15) is 26.3 Å². The minimum Gasteiger partial charge on any atom is -0.451 e. The normalized spacial score (nSPS) is 11.1. The summed E-state index contributed by atoms with van der Waals surface area (Å²) < 4.78 is 70.5. The van der Waals surface area contributed by atoms with Crippen LogP contribution in [0.15, 0.2) is 30.8 Å². The summed E-state index contributed by atoms with van der Waals surface area (Å²) in [4.78, 5) is 11.5. The number of hydrogen-bond acceptors (Lipinski definition) is 4. The SMILES string of the molecule is C=Cc1ccc(Oc2c(F)c(F)c(OC(=O)OC(C)(C)C)c(F)c2F)cc1. The average molecular weight is 384 g/mol. The topological polar surface area (TPSA) is 44.8 Å². The van der Waals surface area contributed by atoms with Gasteiger partial charge in [0.15, 0.2) is 0 Å². The van der Waals surface area contributed by atoms with E-state index in [2.05, 4.69) is 11.3 Å². The second-order valence-corrected chi connectivity index (χ2v) is 6.36. The molecule has 0 fully saturated rings. The Morgan fingerprint density at radius 1 is 0.926 bits per heavy atom. The molecule has 0 saturated heterocycles. The van der Waals surface area contributed by atoms with Crippen LogP contribution in [0.5, 0.6) is 17.2 Å². The molecule has 144 valence electrons. The van der Waals surface area contributed by atoms with Gasteiger partial charge in [-0.3, -0.25) is 0 Å². The number of carbonyl (C=O) groups excluding carboxylic acids is 1. The predicted molar refractivity (Wildman–Crippen MR) is 89.7 cm³/mol. The Morgan fingerprint density at radius 3 is 1.85 bits per heavy atom. The summed E-state index contributed by atoms with van der Waals surface area (Å²) in [6, 6.07) is 5.70. The number of carbonyl (C=O) groups is 1. The van der Waals surface area contributed by atoms with Crippen molar-refractivity contribution in [1.29, 1.82) is 0 Å². The highest BCUT2D eigenvalue weighted by Gasteiger charge is 2.31. The summed E-state index contributed by atoms with van der Waals surface area (Å²) in [5, 5.41) is 0. The fourth-order valence-corrected chi connectivity index (χ4v) is 1.91. The lowest BCUT2D eigenvalue weighted by molar-refractivity contribution is 0.0186. The predicted octanol–water partition coefficient (Wildman–Crippen LogP) is 5.99. The molecule has 0 radical (unpaired) electrons. The van der Waals surface area contributed by atoms with Gasteiger partial charge in [-0.1, -0.05) is 24.8 Å². The quantitative estimate of drug-likeness (QED) is 0.281. The summed E-state index contributed by atoms with van der Waals surface area (Å²) in [5.74, 6) is -10.5. The van der Waals surface area contributed by atoms with E-state index in [0.717, 1.165) is 0 Å². The molecule has 0 bridgehead atoms. The molecule has 0 aliphatic heterocycles. The van der Waals surface area contributed by atoms with Gasteiger partial charge in [0, 0.05) is 0 Å². The first-order chi connectivity index (χ1) is 12.5. The Morgan fingerprint density at radius 2 is 1.41 bits per heavy atom. The van der Waals surface area contributed by atoms with Crippen LogP contribution in [0, 0.1) is 23.3 Å². The molecule has 2 rings (SSSR count). The zero-order valence-corrected chi connectivity index (χ0v) is 14.7. The van der Waals surface area contributed by atoms with Crippen LogP contribution in [0.2, 0.25) is 0 Å². The van der Waals surface area contributed by atoms with Crippen LogP contribution >= 0.6 is 0 Å². The maximum absolute atomic E-state index is 14.2. The maximum atomic E-state index is 14.2. The fourth-order valence-electron chi connectivity index (χ4n) is 1.91. The molecule has 0 aromatic heterocycles. The molecule has 2 aromatic rings. The van der Waals surface area contributed by atoms with Gasteiger partial charge in [0.2, 0.25) is 34.8 Å². The van der Waals surface area contributed by atoms with Crippen molar-refractivity contribution in [2.75, 3.05) is 0 Å². The summed E-state index contributed by atoms with van der Waals surface area (Å²) >= 11 is 0. The monoisotopic (exact) mass is 384 g/mol. The van der Waals surface area contributed by atoms with Gasteiger partial charge >= 0.3 is 6.16 Å². The molecule has 0 aliphatic rings. The minimum absolute atomic E-state index is 0.0713.